The Hall–Kier alpha value is -0.370. The summed E-state index contributed by atoms with van der Waals surface area (Å²) in [5.41, 5.74) is -1.11. The van der Waals surface area contributed by atoms with E-state index < -0.39 is 27.3 Å². The first kappa shape index (κ1) is 13.7. The number of hydrogen-bond acceptors (Lipinski definition) is 6. The van der Waals surface area contributed by atoms with Gasteiger partial charge in [-0.25, -0.2) is 0 Å². The normalized spacial score (nSPS) is 20.4. The predicted octanol–water partition coefficient (Wildman–Crippen LogP) is 0.456. The largest absolute Gasteiger partial charge is 0.469 e. The molecule has 0 aromatic heterocycles. The first-order valence-electron chi connectivity index (χ1n) is 4.65. The van der Waals surface area contributed by atoms with Gasteiger partial charge in [0.25, 0.3) is 10.1 Å². The van der Waals surface area contributed by atoms with Crippen LogP contribution in [0.2, 0.25) is 0 Å². The molecule has 0 aliphatic carbocycles. The van der Waals surface area contributed by atoms with Gasteiger partial charge in [-0.1, -0.05) is 0 Å². The average Bonchev–Trinajstić information content (AvgIpc) is 2.28. The van der Waals surface area contributed by atoms with Gasteiger partial charge in [-0.05, 0) is 12.8 Å². The van der Waals surface area contributed by atoms with E-state index in [1.54, 1.807) is 0 Å². The van der Waals surface area contributed by atoms with Crippen molar-refractivity contribution in [2.75, 3.05) is 26.1 Å². The number of carbonyl (C=O) groups excluding carboxylic acids is 1. The Balaban J connectivity index is 2.91. The minimum atomic E-state index is -3.92. The van der Waals surface area contributed by atoms with Crippen LogP contribution in [0.4, 0.5) is 0 Å². The van der Waals surface area contributed by atoms with Crippen LogP contribution in [-0.2, 0) is 28.1 Å². The molecule has 1 saturated heterocycles. The summed E-state index contributed by atoms with van der Waals surface area (Å²) < 4.78 is 36.2. The summed E-state index contributed by atoms with van der Waals surface area (Å²) in [4.78, 5) is 11.6. The second kappa shape index (κ2) is 5.31. The Kier molecular flexibility index (Phi) is 4.54. The number of carbonyl (C=O) groups is 1. The minimum absolute atomic E-state index is 0.277. The van der Waals surface area contributed by atoms with Crippen molar-refractivity contribution in [2.45, 2.75) is 12.8 Å². The fourth-order valence-corrected chi connectivity index (χ4v) is 3.01. The summed E-state index contributed by atoms with van der Waals surface area (Å²) in [7, 11) is -2.71. The van der Waals surface area contributed by atoms with Gasteiger partial charge in [0.1, 0.15) is 0 Å². The molecule has 1 fully saturated rings. The van der Waals surface area contributed by atoms with Crippen molar-refractivity contribution < 1.29 is 26.4 Å². The number of ether oxygens (including phenoxy) is 2. The lowest BCUT2D eigenvalue weighted by atomic mass is 9.82. The molecule has 0 unspecified atom stereocenters. The highest BCUT2D eigenvalue weighted by molar-refractivity contribution is 7.87. The Labute approximate surface area is 99.1 Å². The van der Waals surface area contributed by atoms with Gasteiger partial charge in [0.05, 0.1) is 30.1 Å². The molecule has 0 atom stereocenters. The van der Waals surface area contributed by atoms with E-state index in [4.69, 9.17) is 16.6 Å². The third kappa shape index (κ3) is 3.07. The first-order chi connectivity index (χ1) is 7.46. The van der Waals surface area contributed by atoms with Gasteiger partial charge in [0.15, 0.2) is 0 Å². The van der Waals surface area contributed by atoms with Crippen molar-refractivity contribution in [1.82, 2.24) is 0 Å². The molecule has 94 valence electrons. The fourth-order valence-electron chi connectivity index (χ4n) is 1.75. The molecule has 0 amide bonds. The lowest BCUT2D eigenvalue weighted by molar-refractivity contribution is -0.156. The fraction of sp³-hybridized carbons (Fsp3) is 0.875. The van der Waals surface area contributed by atoms with Crippen LogP contribution in [0, 0.1) is 5.41 Å². The van der Waals surface area contributed by atoms with E-state index in [0.29, 0.717) is 13.2 Å². The van der Waals surface area contributed by atoms with Gasteiger partial charge < -0.3 is 9.47 Å². The van der Waals surface area contributed by atoms with Crippen molar-refractivity contribution in [3.8, 4) is 0 Å². The molecule has 0 aromatic carbocycles. The van der Waals surface area contributed by atoms with Crippen LogP contribution in [0.5, 0.6) is 0 Å². The summed E-state index contributed by atoms with van der Waals surface area (Å²) >= 11 is 4.85. The Morgan fingerprint density at radius 1 is 1.44 bits per heavy atom. The second-order valence-electron chi connectivity index (χ2n) is 3.65. The lowest BCUT2D eigenvalue weighted by Gasteiger charge is -2.33. The molecule has 1 aliphatic rings. The Morgan fingerprint density at radius 2 is 2.00 bits per heavy atom. The predicted molar refractivity (Wildman–Crippen MR) is 55.2 cm³/mol. The molecule has 0 radical (unpaired) electrons. The van der Waals surface area contributed by atoms with Crippen LogP contribution < -0.4 is 0 Å². The third-order valence-electron chi connectivity index (χ3n) is 2.62. The van der Waals surface area contributed by atoms with E-state index in [2.05, 4.69) is 8.47 Å². The zero-order valence-electron chi connectivity index (χ0n) is 8.77. The third-order valence-corrected chi connectivity index (χ3v) is 4.29. The number of rotatable bonds is 4. The lowest BCUT2D eigenvalue weighted by Crippen LogP contribution is -2.43. The van der Waals surface area contributed by atoms with Gasteiger partial charge in [0, 0.05) is 13.2 Å². The molecule has 1 rings (SSSR count). The standard InChI is InChI=1S/C8H13ClO6S/c1-13-7(10)8(2-4-14-5-3-8)6-16(11,12)15-9/h2-6H2,1H3. The van der Waals surface area contributed by atoms with E-state index in [1.807, 2.05) is 0 Å². The smallest absolute Gasteiger partial charge is 0.313 e. The molecule has 16 heavy (non-hydrogen) atoms. The van der Waals surface area contributed by atoms with E-state index in [9.17, 15) is 13.2 Å². The topological polar surface area (TPSA) is 78.9 Å². The van der Waals surface area contributed by atoms with Crippen LogP contribution in [-0.4, -0.2) is 40.5 Å². The van der Waals surface area contributed by atoms with Crippen molar-refractivity contribution in [3.05, 3.63) is 0 Å². The molecule has 0 aromatic rings. The van der Waals surface area contributed by atoms with E-state index in [1.165, 1.54) is 7.11 Å². The van der Waals surface area contributed by atoms with Crippen LogP contribution in [0.15, 0.2) is 0 Å². The van der Waals surface area contributed by atoms with Crippen LogP contribution in [0.25, 0.3) is 0 Å². The molecule has 1 aliphatic heterocycles. The van der Waals surface area contributed by atoms with E-state index >= 15 is 0 Å². The van der Waals surface area contributed by atoms with Gasteiger partial charge in [0.2, 0.25) is 0 Å². The van der Waals surface area contributed by atoms with E-state index in [0.717, 1.165) is 0 Å². The molecular formula is C8H13ClO6S. The van der Waals surface area contributed by atoms with Crippen molar-refractivity contribution in [1.29, 1.82) is 0 Å². The average molecular weight is 273 g/mol. The zero-order valence-corrected chi connectivity index (χ0v) is 10.3. The molecule has 8 heteroatoms. The minimum Gasteiger partial charge on any atom is -0.469 e. The van der Waals surface area contributed by atoms with Crippen molar-refractivity contribution in [2.24, 2.45) is 5.41 Å². The SMILES string of the molecule is COC(=O)C1(CS(=O)(=O)OCl)CCOCC1. The van der Waals surface area contributed by atoms with Gasteiger partial charge in [-0.3, -0.25) is 4.79 Å². The van der Waals surface area contributed by atoms with Crippen LogP contribution >= 0.6 is 11.9 Å². The quantitative estimate of drug-likeness (QED) is 0.692. The number of halogens is 1. The van der Waals surface area contributed by atoms with Crippen molar-refractivity contribution >= 4 is 28.0 Å². The summed E-state index contributed by atoms with van der Waals surface area (Å²) in [6, 6.07) is 0. The molecule has 0 N–H and O–H groups in total. The molecular weight excluding hydrogens is 260 g/mol. The van der Waals surface area contributed by atoms with Crippen LogP contribution in [0.1, 0.15) is 12.8 Å². The van der Waals surface area contributed by atoms with Gasteiger partial charge >= 0.3 is 5.97 Å². The van der Waals surface area contributed by atoms with E-state index in [-0.39, 0.29) is 12.8 Å². The first-order valence-corrected chi connectivity index (χ1v) is 6.53. The maximum atomic E-state index is 11.6. The monoisotopic (exact) mass is 272 g/mol. The zero-order chi connectivity index (χ0) is 12.2. The summed E-state index contributed by atoms with van der Waals surface area (Å²) in [6.07, 6.45) is 0.554. The number of hydrogen-bond donors (Lipinski definition) is 0. The maximum Gasteiger partial charge on any atom is 0.313 e. The molecule has 6 nitrogen and oxygen atoms in total. The number of esters is 1. The maximum absolute atomic E-state index is 11.6. The van der Waals surface area contributed by atoms with Crippen molar-refractivity contribution in [3.63, 3.8) is 0 Å². The Morgan fingerprint density at radius 3 is 2.44 bits per heavy atom. The molecule has 0 saturated carbocycles. The highest BCUT2D eigenvalue weighted by Crippen LogP contribution is 2.34. The second-order valence-corrected chi connectivity index (χ2v) is 5.56. The molecule has 1 heterocycles. The highest BCUT2D eigenvalue weighted by Gasteiger charge is 2.45. The highest BCUT2D eigenvalue weighted by atomic mass is 35.5. The summed E-state index contributed by atoms with van der Waals surface area (Å²) in [5, 5.41) is 0. The van der Waals surface area contributed by atoms with Gasteiger partial charge in [-0.2, -0.15) is 12.2 Å². The van der Waals surface area contributed by atoms with Gasteiger partial charge in [-0.15, -0.1) is 0 Å². The molecule has 0 bridgehead atoms. The van der Waals surface area contributed by atoms with Crippen LogP contribution in [0.3, 0.4) is 0 Å². The molecule has 0 spiro atoms. The Bertz CT molecular complexity index is 346. The number of methoxy groups -OCH3 is 1. The summed E-state index contributed by atoms with van der Waals surface area (Å²) in [6.45, 7) is 0.625. The summed E-state index contributed by atoms with van der Waals surface area (Å²) in [5.74, 6) is -1.06.